The first-order valence-corrected chi connectivity index (χ1v) is 7.38. The lowest BCUT2D eigenvalue weighted by atomic mass is 10.1. The normalized spacial score (nSPS) is 11.1. The van der Waals surface area contributed by atoms with Crippen LogP contribution in [0.3, 0.4) is 0 Å². The SMILES string of the molecule is CCCCCCCCCNCc1c(C)noc1C. The van der Waals surface area contributed by atoms with Gasteiger partial charge >= 0.3 is 0 Å². The molecule has 1 aromatic rings. The second kappa shape index (κ2) is 9.15. The minimum atomic E-state index is 0.886. The molecule has 0 unspecified atom stereocenters. The van der Waals surface area contributed by atoms with Crippen LogP contribution in [0.2, 0.25) is 0 Å². The summed E-state index contributed by atoms with van der Waals surface area (Å²) in [6.07, 6.45) is 9.53. The van der Waals surface area contributed by atoms with Crippen molar-refractivity contribution in [3.63, 3.8) is 0 Å². The molecule has 0 radical (unpaired) electrons. The number of hydrogen-bond donors (Lipinski definition) is 1. The van der Waals surface area contributed by atoms with Crippen molar-refractivity contribution in [1.82, 2.24) is 10.5 Å². The Balaban J connectivity index is 1.96. The fourth-order valence-electron chi connectivity index (χ4n) is 2.17. The van der Waals surface area contributed by atoms with Crippen LogP contribution in [0.4, 0.5) is 0 Å². The third kappa shape index (κ3) is 5.67. The molecule has 0 amide bonds. The smallest absolute Gasteiger partial charge is 0.138 e. The van der Waals surface area contributed by atoms with Crippen LogP contribution in [-0.4, -0.2) is 11.7 Å². The number of nitrogens with zero attached hydrogens (tertiary/aromatic N) is 1. The van der Waals surface area contributed by atoms with Gasteiger partial charge in [-0.25, -0.2) is 0 Å². The molecule has 3 nitrogen and oxygen atoms in total. The van der Waals surface area contributed by atoms with Crippen LogP contribution in [0.25, 0.3) is 0 Å². The summed E-state index contributed by atoms with van der Waals surface area (Å²) >= 11 is 0. The van der Waals surface area contributed by atoms with Crippen LogP contribution >= 0.6 is 0 Å². The molecule has 1 N–H and O–H groups in total. The van der Waals surface area contributed by atoms with Crippen LogP contribution < -0.4 is 5.32 Å². The molecule has 0 saturated heterocycles. The minimum Gasteiger partial charge on any atom is -0.361 e. The van der Waals surface area contributed by atoms with Gasteiger partial charge in [0.1, 0.15) is 5.76 Å². The number of aryl methyl sites for hydroxylation is 2. The summed E-state index contributed by atoms with van der Waals surface area (Å²) in [7, 11) is 0. The zero-order valence-corrected chi connectivity index (χ0v) is 12.2. The van der Waals surface area contributed by atoms with Gasteiger partial charge < -0.3 is 9.84 Å². The van der Waals surface area contributed by atoms with E-state index in [1.165, 1.54) is 50.5 Å². The van der Waals surface area contributed by atoms with Gasteiger partial charge in [-0.3, -0.25) is 0 Å². The Hall–Kier alpha value is -0.830. The van der Waals surface area contributed by atoms with Gasteiger partial charge in [-0.1, -0.05) is 50.6 Å². The van der Waals surface area contributed by atoms with Crippen molar-refractivity contribution in [2.45, 2.75) is 72.3 Å². The summed E-state index contributed by atoms with van der Waals surface area (Å²) in [6, 6.07) is 0. The number of rotatable bonds is 10. The van der Waals surface area contributed by atoms with Crippen molar-refractivity contribution in [2.24, 2.45) is 0 Å². The lowest BCUT2D eigenvalue weighted by molar-refractivity contribution is 0.392. The maximum Gasteiger partial charge on any atom is 0.138 e. The standard InChI is InChI=1S/C15H28N2O/c1-4-5-6-7-8-9-10-11-16-12-15-13(2)17-18-14(15)3/h16H,4-12H2,1-3H3. The third-order valence-corrected chi connectivity index (χ3v) is 3.44. The molecular formula is C15H28N2O. The number of unbranched alkanes of at least 4 members (excludes halogenated alkanes) is 6. The van der Waals surface area contributed by atoms with E-state index in [1.807, 2.05) is 13.8 Å². The van der Waals surface area contributed by atoms with E-state index in [0.717, 1.165) is 24.5 Å². The largest absolute Gasteiger partial charge is 0.361 e. The lowest BCUT2D eigenvalue weighted by Crippen LogP contribution is -2.15. The van der Waals surface area contributed by atoms with Crippen molar-refractivity contribution in [3.8, 4) is 0 Å². The van der Waals surface area contributed by atoms with Crippen LogP contribution in [0.15, 0.2) is 4.52 Å². The molecule has 3 heteroatoms. The summed E-state index contributed by atoms with van der Waals surface area (Å²) in [5, 5.41) is 7.43. The van der Waals surface area contributed by atoms with Gasteiger partial charge in [0.05, 0.1) is 5.69 Å². The van der Waals surface area contributed by atoms with Gasteiger partial charge in [0.25, 0.3) is 0 Å². The van der Waals surface area contributed by atoms with E-state index in [1.54, 1.807) is 0 Å². The molecule has 0 spiro atoms. The van der Waals surface area contributed by atoms with Crippen molar-refractivity contribution in [3.05, 3.63) is 17.0 Å². The highest BCUT2D eigenvalue weighted by Crippen LogP contribution is 2.11. The van der Waals surface area contributed by atoms with E-state index in [0.29, 0.717) is 0 Å². The fourth-order valence-corrected chi connectivity index (χ4v) is 2.17. The van der Waals surface area contributed by atoms with Gasteiger partial charge in [-0.2, -0.15) is 0 Å². The molecule has 0 saturated carbocycles. The van der Waals surface area contributed by atoms with E-state index < -0.39 is 0 Å². The van der Waals surface area contributed by atoms with Crippen LogP contribution in [0.1, 0.15) is 68.9 Å². The quantitative estimate of drug-likeness (QED) is 0.636. The van der Waals surface area contributed by atoms with E-state index in [2.05, 4.69) is 17.4 Å². The average Bonchev–Trinajstić information content (AvgIpc) is 2.68. The Kier molecular flexibility index (Phi) is 7.74. The molecule has 0 atom stereocenters. The topological polar surface area (TPSA) is 38.1 Å². The molecule has 0 aliphatic carbocycles. The van der Waals surface area contributed by atoms with Crippen molar-refractivity contribution >= 4 is 0 Å². The molecule has 0 aliphatic heterocycles. The Morgan fingerprint density at radius 2 is 1.67 bits per heavy atom. The first kappa shape index (κ1) is 15.2. The summed E-state index contributed by atoms with van der Waals surface area (Å²) < 4.78 is 5.14. The van der Waals surface area contributed by atoms with Gasteiger partial charge in [-0.15, -0.1) is 0 Å². The molecule has 1 aromatic heterocycles. The second-order valence-electron chi connectivity index (χ2n) is 5.10. The minimum absolute atomic E-state index is 0.886. The van der Waals surface area contributed by atoms with Crippen LogP contribution in [0.5, 0.6) is 0 Å². The Morgan fingerprint density at radius 3 is 2.28 bits per heavy atom. The van der Waals surface area contributed by atoms with Gasteiger partial charge in [-0.05, 0) is 26.8 Å². The van der Waals surface area contributed by atoms with Crippen molar-refractivity contribution in [2.75, 3.05) is 6.54 Å². The van der Waals surface area contributed by atoms with Crippen LogP contribution in [0, 0.1) is 13.8 Å². The first-order chi connectivity index (χ1) is 8.75. The molecule has 18 heavy (non-hydrogen) atoms. The predicted molar refractivity (Wildman–Crippen MR) is 75.7 cm³/mol. The Labute approximate surface area is 111 Å². The molecule has 1 heterocycles. The van der Waals surface area contributed by atoms with E-state index in [9.17, 15) is 0 Å². The number of hydrogen-bond acceptors (Lipinski definition) is 3. The lowest BCUT2D eigenvalue weighted by Gasteiger charge is -2.04. The van der Waals surface area contributed by atoms with E-state index >= 15 is 0 Å². The maximum absolute atomic E-state index is 5.14. The third-order valence-electron chi connectivity index (χ3n) is 3.44. The first-order valence-electron chi connectivity index (χ1n) is 7.38. The molecule has 0 fully saturated rings. The van der Waals surface area contributed by atoms with Crippen LogP contribution in [-0.2, 0) is 6.54 Å². The summed E-state index contributed by atoms with van der Waals surface area (Å²) in [5.74, 6) is 0.944. The summed E-state index contributed by atoms with van der Waals surface area (Å²) in [6.45, 7) is 8.22. The zero-order valence-electron chi connectivity index (χ0n) is 12.2. The molecule has 104 valence electrons. The maximum atomic E-state index is 5.14. The molecule has 0 aromatic carbocycles. The average molecular weight is 252 g/mol. The summed E-state index contributed by atoms with van der Waals surface area (Å²) in [4.78, 5) is 0. The highest BCUT2D eigenvalue weighted by molar-refractivity contribution is 5.20. The Morgan fingerprint density at radius 1 is 1.00 bits per heavy atom. The molecule has 0 bridgehead atoms. The highest BCUT2D eigenvalue weighted by Gasteiger charge is 2.07. The molecular weight excluding hydrogens is 224 g/mol. The number of nitrogens with one attached hydrogen (secondary N) is 1. The predicted octanol–water partition coefficient (Wildman–Crippen LogP) is 4.13. The zero-order chi connectivity index (χ0) is 13.2. The van der Waals surface area contributed by atoms with Gasteiger partial charge in [0.15, 0.2) is 0 Å². The second-order valence-corrected chi connectivity index (χ2v) is 5.10. The summed E-state index contributed by atoms with van der Waals surface area (Å²) in [5.41, 5.74) is 2.23. The number of aromatic nitrogens is 1. The molecule has 1 rings (SSSR count). The van der Waals surface area contributed by atoms with Gasteiger partial charge in [0, 0.05) is 12.1 Å². The monoisotopic (exact) mass is 252 g/mol. The Bertz CT molecular complexity index is 301. The van der Waals surface area contributed by atoms with Crippen molar-refractivity contribution in [1.29, 1.82) is 0 Å². The van der Waals surface area contributed by atoms with Crippen molar-refractivity contribution < 1.29 is 4.52 Å². The molecule has 0 aliphatic rings. The van der Waals surface area contributed by atoms with Gasteiger partial charge in [0.2, 0.25) is 0 Å². The fraction of sp³-hybridized carbons (Fsp3) is 0.800. The highest BCUT2D eigenvalue weighted by atomic mass is 16.5. The van der Waals surface area contributed by atoms with E-state index in [-0.39, 0.29) is 0 Å². The van der Waals surface area contributed by atoms with E-state index in [4.69, 9.17) is 4.52 Å².